The van der Waals surface area contributed by atoms with Gasteiger partial charge in [-0.1, -0.05) is 18.3 Å². The zero-order chi connectivity index (χ0) is 10.8. The van der Waals surface area contributed by atoms with Crippen molar-refractivity contribution in [2.45, 2.75) is 20.3 Å². The number of hydrogen-bond acceptors (Lipinski definition) is 5. The first kappa shape index (κ1) is 10.8. The lowest BCUT2D eigenvalue weighted by molar-refractivity contribution is 0.307. The van der Waals surface area contributed by atoms with Gasteiger partial charge in [-0.25, -0.2) is 0 Å². The third kappa shape index (κ3) is 2.29. The summed E-state index contributed by atoms with van der Waals surface area (Å²) >= 11 is 1.67. The first-order valence-electron chi connectivity index (χ1n) is 5.46. The fourth-order valence-electron chi connectivity index (χ4n) is 2.04. The molecule has 0 saturated carbocycles. The Morgan fingerprint density at radius 1 is 1.53 bits per heavy atom. The maximum absolute atomic E-state index is 5.78. The van der Waals surface area contributed by atoms with E-state index >= 15 is 0 Å². The second-order valence-electron chi connectivity index (χ2n) is 4.31. The Kier molecular flexibility index (Phi) is 3.21. The zero-order valence-corrected chi connectivity index (χ0v) is 10.1. The highest BCUT2D eigenvalue weighted by Gasteiger charge is 2.26. The minimum Gasteiger partial charge on any atom is -0.346 e. The van der Waals surface area contributed by atoms with Crippen molar-refractivity contribution in [2.75, 3.05) is 24.5 Å². The van der Waals surface area contributed by atoms with E-state index in [0.29, 0.717) is 5.92 Å². The molecule has 1 aromatic rings. The van der Waals surface area contributed by atoms with Crippen molar-refractivity contribution in [3.05, 3.63) is 5.01 Å². The van der Waals surface area contributed by atoms with E-state index in [9.17, 15) is 0 Å². The third-order valence-corrected chi connectivity index (χ3v) is 4.10. The molecule has 2 N–H and O–H groups in total. The molecule has 0 aromatic carbocycles. The molecule has 1 saturated heterocycles. The summed E-state index contributed by atoms with van der Waals surface area (Å²) in [7, 11) is 0. The molecule has 0 aliphatic carbocycles. The van der Waals surface area contributed by atoms with Crippen molar-refractivity contribution in [1.29, 1.82) is 0 Å². The lowest BCUT2D eigenvalue weighted by Gasteiger charge is -2.36. The third-order valence-electron chi connectivity index (χ3n) is 3.20. The van der Waals surface area contributed by atoms with Gasteiger partial charge >= 0.3 is 0 Å². The quantitative estimate of drug-likeness (QED) is 0.825. The van der Waals surface area contributed by atoms with Gasteiger partial charge in [-0.2, -0.15) is 0 Å². The second-order valence-corrected chi connectivity index (χ2v) is 5.47. The average molecular weight is 226 g/mol. The molecule has 84 valence electrons. The molecule has 5 heteroatoms. The number of aromatic nitrogens is 2. The predicted molar refractivity (Wildman–Crippen MR) is 63.2 cm³/mol. The van der Waals surface area contributed by atoms with E-state index in [2.05, 4.69) is 22.0 Å². The molecule has 2 heterocycles. The van der Waals surface area contributed by atoms with Crippen LogP contribution in [0.5, 0.6) is 0 Å². The molecular weight excluding hydrogens is 208 g/mol. The molecular formula is C10H18N4S. The number of hydrogen-bond donors (Lipinski definition) is 1. The summed E-state index contributed by atoms with van der Waals surface area (Å²) in [6.45, 7) is 7.18. The Balaban J connectivity index is 2.06. The summed E-state index contributed by atoms with van der Waals surface area (Å²) in [4.78, 5) is 2.32. The molecule has 2 unspecified atom stereocenters. The number of nitrogens with two attached hydrogens (primary N) is 1. The molecule has 1 aliphatic heterocycles. The van der Waals surface area contributed by atoms with E-state index in [1.165, 1.54) is 6.42 Å². The maximum atomic E-state index is 5.78. The largest absolute Gasteiger partial charge is 0.346 e. The van der Waals surface area contributed by atoms with Gasteiger partial charge in [0.2, 0.25) is 5.13 Å². The van der Waals surface area contributed by atoms with Crippen LogP contribution in [-0.4, -0.2) is 29.8 Å². The van der Waals surface area contributed by atoms with Crippen LogP contribution < -0.4 is 10.6 Å². The van der Waals surface area contributed by atoms with Gasteiger partial charge in [0.1, 0.15) is 5.01 Å². The van der Waals surface area contributed by atoms with Crippen molar-refractivity contribution in [1.82, 2.24) is 10.2 Å². The van der Waals surface area contributed by atoms with Crippen LogP contribution in [0.1, 0.15) is 18.4 Å². The van der Waals surface area contributed by atoms with Crippen molar-refractivity contribution in [2.24, 2.45) is 17.6 Å². The predicted octanol–water partition coefficient (Wildman–Crippen LogP) is 1.27. The minimum atomic E-state index is 0.600. The van der Waals surface area contributed by atoms with E-state index in [1.807, 2.05) is 6.92 Å². The fourth-order valence-corrected chi connectivity index (χ4v) is 2.77. The highest BCUT2D eigenvalue weighted by Crippen LogP contribution is 2.28. The summed E-state index contributed by atoms with van der Waals surface area (Å²) in [6.07, 6.45) is 1.21. The summed E-state index contributed by atoms with van der Waals surface area (Å²) in [6, 6.07) is 0. The fraction of sp³-hybridized carbons (Fsp3) is 0.800. The lowest BCUT2D eigenvalue weighted by Crippen LogP contribution is -2.42. The van der Waals surface area contributed by atoms with E-state index in [-0.39, 0.29) is 0 Å². The van der Waals surface area contributed by atoms with Gasteiger partial charge in [-0.15, -0.1) is 10.2 Å². The average Bonchev–Trinajstić information content (AvgIpc) is 2.66. The molecule has 4 nitrogen and oxygen atoms in total. The van der Waals surface area contributed by atoms with Gasteiger partial charge in [-0.05, 0) is 31.7 Å². The van der Waals surface area contributed by atoms with Crippen LogP contribution in [0.2, 0.25) is 0 Å². The van der Waals surface area contributed by atoms with E-state index in [4.69, 9.17) is 5.73 Å². The number of piperidine rings is 1. The summed E-state index contributed by atoms with van der Waals surface area (Å²) in [5.74, 6) is 1.34. The van der Waals surface area contributed by atoms with E-state index in [1.54, 1.807) is 11.3 Å². The van der Waals surface area contributed by atoms with Crippen molar-refractivity contribution >= 4 is 16.5 Å². The summed E-state index contributed by atoms with van der Waals surface area (Å²) < 4.78 is 0. The Morgan fingerprint density at radius 3 is 2.93 bits per heavy atom. The smallest absolute Gasteiger partial charge is 0.208 e. The molecule has 0 amide bonds. The number of nitrogens with zero attached hydrogens (tertiary/aromatic N) is 3. The monoisotopic (exact) mass is 226 g/mol. The van der Waals surface area contributed by atoms with Crippen LogP contribution in [-0.2, 0) is 0 Å². The van der Waals surface area contributed by atoms with E-state index < -0.39 is 0 Å². The van der Waals surface area contributed by atoms with Gasteiger partial charge < -0.3 is 10.6 Å². The molecule has 2 rings (SSSR count). The number of aryl methyl sites for hydroxylation is 1. The molecule has 0 bridgehead atoms. The van der Waals surface area contributed by atoms with Crippen LogP contribution in [0.4, 0.5) is 5.13 Å². The summed E-state index contributed by atoms with van der Waals surface area (Å²) in [5.41, 5.74) is 5.78. The Bertz CT molecular complexity index is 325. The van der Waals surface area contributed by atoms with Gasteiger partial charge in [0.15, 0.2) is 0 Å². The zero-order valence-electron chi connectivity index (χ0n) is 9.31. The van der Waals surface area contributed by atoms with Gasteiger partial charge in [0.25, 0.3) is 0 Å². The van der Waals surface area contributed by atoms with Gasteiger partial charge in [-0.3, -0.25) is 0 Å². The second kappa shape index (κ2) is 4.45. The first-order chi connectivity index (χ1) is 7.20. The van der Waals surface area contributed by atoms with Crippen molar-refractivity contribution in [3.63, 3.8) is 0 Å². The van der Waals surface area contributed by atoms with E-state index in [0.717, 1.165) is 35.7 Å². The Hall–Kier alpha value is -0.680. The summed E-state index contributed by atoms with van der Waals surface area (Å²) in [5, 5.41) is 10.3. The lowest BCUT2D eigenvalue weighted by atomic mass is 9.87. The van der Waals surface area contributed by atoms with Crippen LogP contribution in [0.15, 0.2) is 0 Å². The number of anilines is 1. The molecule has 0 radical (unpaired) electrons. The molecule has 15 heavy (non-hydrogen) atoms. The first-order valence-corrected chi connectivity index (χ1v) is 6.27. The van der Waals surface area contributed by atoms with Gasteiger partial charge in [0.05, 0.1) is 0 Å². The normalized spacial score (nSPS) is 27.0. The Labute approximate surface area is 94.5 Å². The van der Waals surface area contributed by atoms with Crippen molar-refractivity contribution < 1.29 is 0 Å². The van der Waals surface area contributed by atoms with Gasteiger partial charge in [0, 0.05) is 13.1 Å². The highest BCUT2D eigenvalue weighted by molar-refractivity contribution is 7.15. The highest BCUT2D eigenvalue weighted by atomic mass is 32.1. The Morgan fingerprint density at radius 2 is 2.33 bits per heavy atom. The molecule has 1 aliphatic rings. The molecule has 0 spiro atoms. The molecule has 2 atom stereocenters. The minimum absolute atomic E-state index is 0.600. The van der Waals surface area contributed by atoms with Crippen LogP contribution >= 0.6 is 11.3 Å². The molecule has 1 fully saturated rings. The van der Waals surface area contributed by atoms with Crippen LogP contribution in [0.25, 0.3) is 0 Å². The standard InChI is InChI=1S/C10H18N4S/c1-7-3-4-14(6-9(7)5-11)10-13-12-8(2)15-10/h7,9H,3-6,11H2,1-2H3. The van der Waals surface area contributed by atoms with Crippen LogP contribution in [0, 0.1) is 18.8 Å². The molecule has 1 aromatic heterocycles. The van der Waals surface area contributed by atoms with Crippen molar-refractivity contribution in [3.8, 4) is 0 Å². The number of rotatable bonds is 2. The maximum Gasteiger partial charge on any atom is 0.208 e. The van der Waals surface area contributed by atoms with Crippen LogP contribution in [0.3, 0.4) is 0 Å². The SMILES string of the molecule is Cc1nnc(N2CCC(C)C(CN)C2)s1. The topological polar surface area (TPSA) is 55.0 Å².